The van der Waals surface area contributed by atoms with Crippen LogP contribution in [0.15, 0.2) is 24.3 Å². The third-order valence-corrected chi connectivity index (χ3v) is 5.47. The minimum atomic E-state index is -0.101. The third kappa shape index (κ3) is 4.42. The van der Waals surface area contributed by atoms with E-state index in [9.17, 15) is 4.79 Å². The van der Waals surface area contributed by atoms with E-state index in [0.29, 0.717) is 0 Å². The van der Waals surface area contributed by atoms with E-state index in [2.05, 4.69) is 53.9 Å². The summed E-state index contributed by atoms with van der Waals surface area (Å²) in [4.78, 5) is 14.8. The minimum absolute atomic E-state index is 0. The number of nitrogens with zero attached hydrogens (tertiary/aromatic N) is 1. The van der Waals surface area contributed by atoms with Crippen molar-refractivity contribution in [1.29, 1.82) is 0 Å². The number of hydrogen-bond acceptors (Lipinski definition) is 3. The molecule has 0 aromatic heterocycles. The maximum atomic E-state index is 12.5. The van der Waals surface area contributed by atoms with E-state index in [4.69, 9.17) is 0 Å². The van der Waals surface area contributed by atoms with Crippen molar-refractivity contribution in [3.8, 4) is 0 Å². The summed E-state index contributed by atoms with van der Waals surface area (Å²) in [6, 6.07) is 8.28. The van der Waals surface area contributed by atoms with Crippen LogP contribution in [0.2, 0.25) is 0 Å². The minimum Gasteiger partial charge on any atom is -0.353 e. The van der Waals surface area contributed by atoms with Gasteiger partial charge in [-0.3, -0.25) is 4.79 Å². The molecular formula is C18H29Cl2N3O. The molecule has 1 fully saturated rings. The topological polar surface area (TPSA) is 44.4 Å². The van der Waals surface area contributed by atoms with Crippen LogP contribution in [0, 0.1) is 0 Å². The molecule has 4 nitrogen and oxygen atoms in total. The van der Waals surface area contributed by atoms with Crippen molar-refractivity contribution in [2.24, 2.45) is 0 Å². The molecule has 1 aromatic rings. The van der Waals surface area contributed by atoms with E-state index in [0.717, 1.165) is 19.5 Å². The Hall–Kier alpha value is -0.810. The van der Waals surface area contributed by atoms with Crippen molar-refractivity contribution in [2.45, 2.75) is 50.2 Å². The van der Waals surface area contributed by atoms with Gasteiger partial charge in [-0.2, -0.15) is 0 Å². The van der Waals surface area contributed by atoms with E-state index in [1.807, 2.05) is 0 Å². The zero-order chi connectivity index (χ0) is 15.6. The molecular weight excluding hydrogens is 345 g/mol. The second-order valence-corrected chi connectivity index (χ2v) is 6.95. The largest absolute Gasteiger partial charge is 0.353 e. The maximum Gasteiger partial charge on any atom is 0.237 e. The van der Waals surface area contributed by atoms with Crippen LogP contribution in [-0.2, 0) is 17.8 Å². The fraction of sp³-hybridized carbons (Fsp3) is 0.611. The SMILES string of the molecule is CN(C)C1(CNC(=O)C2Cc3ccccc3CN2)CCCC1.Cl.Cl. The van der Waals surface area contributed by atoms with Gasteiger partial charge in [-0.05, 0) is 44.5 Å². The lowest BCUT2D eigenvalue weighted by Gasteiger charge is -2.37. The van der Waals surface area contributed by atoms with Crippen molar-refractivity contribution < 1.29 is 4.79 Å². The normalized spacial score (nSPS) is 21.4. The van der Waals surface area contributed by atoms with Crippen molar-refractivity contribution in [1.82, 2.24) is 15.5 Å². The summed E-state index contributed by atoms with van der Waals surface area (Å²) < 4.78 is 0. The van der Waals surface area contributed by atoms with Gasteiger partial charge in [0.15, 0.2) is 0 Å². The molecule has 0 bridgehead atoms. The number of rotatable bonds is 4. The number of hydrogen-bond donors (Lipinski definition) is 2. The molecule has 1 aliphatic heterocycles. The van der Waals surface area contributed by atoms with Gasteiger partial charge in [0, 0.05) is 18.6 Å². The van der Waals surface area contributed by atoms with Crippen LogP contribution < -0.4 is 10.6 Å². The lowest BCUT2D eigenvalue weighted by Crippen LogP contribution is -2.55. The van der Waals surface area contributed by atoms with E-state index < -0.39 is 0 Å². The molecule has 1 saturated carbocycles. The second kappa shape index (κ2) is 9.04. The molecule has 1 heterocycles. The summed E-state index contributed by atoms with van der Waals surface area (Å²) >= 11 is 0. The first-order chi connectivity index (χ1) is 10.6. The Kier molecular flexibility index (Phi) is 8.00. The van der Waals surface area contributed by atoms with Gasteiger partial charge < -0.3 is 15.5 Å². The van der Waals surface area contributed by atoms with Gasteiger partial charge in [0.05, 0.1) is 6.04 Å². The van der Waals surface area contributed by atoms with Gasteiger partial charge in [-0.1, -0.05) is 37.1 Å². The average Bonchev–Trinajstić information content (AvgIpc) is 3.02. The molecule has 0 radical (unpaired) electrons. The lowest BCUT2D eigenvalue weighted by molar-refractivity contribution is -0.123. The highest BCUT2D eigenvalue weighted by Crippen LogP contribution is 2.33. The number of likely N-dealkylation sites (N-methyl/N-ethyl adjacent to an activating group) is 1. The summed E-state index contributed by atoms with van der Waals surface area (Å²) in [5.74, 6) is 0.141. The van der Waals surface area contributed by atoms with Crippen LogP contribution in [0.5, 0.6) is 0 Å². The molecule has 6 heteroatoms. The standard InChI is InChI=1S/C18H27N3O.2ClH/c1-21(2)18(9-5-6-10-18)13-20-17(22)16-11-14-7-3-4-8-15(14)12-19-16;;/h3-4,7-8,16,19H,5-6,9-13H2,1-2H3,(H,20,22);2*1H. The van der Waals surface area contributed by atoms with Gasteiger partial charge in [0.1, 0.15) is 0 Å². The zero-order valence-corrected chi connectivity index (χ0v) is 16.1. The molecule has 3 rings (SSSR count). The van der Waals surface area contributed by atoms with Gasteiger partial charge in [-0.15, -0.1) is 24.8 Å². The highest BCUT2D eigenvalue weighted by molar-refractivity contribution is 5.85. The van der Waals surface area contributed by atoms with Gasteiger partial charge >= 0.3 is 0 Å². The molecule has 0 spiro atoms. The number of carbonyl (C=O) groups is 1. The highest BCUT2D eigenvalue weighted by atomic mass is 35.5. The van der Waals surface area contributed by atoms with Gasteiger partial charge in [-0.25, -0.2) is 0 Å². The number of nitrogens with one attached hydrogen (secondary N) is 2. The van der Waals surface area contributed by atoms with E-state index in [1.165, 1.54) is 36.8 Å². The Balaban J connectivity index is 0.00000144. The Morgan fingerprint density at radius 1 is 1.21 bits per heavy atom. The van der Waals surface area contributed by atoms with Crippen molar-refractivity contribution in [3.05, 3.63) is 35.4 Å². The first kappa shape index (κ1) is 21.2. The second-order valence-electron chi connectivity index (χ2n) is 6.95. The number of fused-ring (bicyclic) bond motifs is 1. The Bertz CT molecular complexity index is 545. The van der Waals surface area contributed by atoms with E-state index in [-0.39, 0.29) is 42.3 Å². The molecule has 1 aliphatic carbocycles. The fourth-order valence-electron chi connectivity index (χ4n) is 3.83. The number of halogens is 2. The summed E-state index contributed by atoms with van der Waals surface area (Å²) in [7, 11) is 4.26. The zero-order valence-electron chi connectivity index (χ0n) is 14.5. The predicted octanol–water partition coefficient (Wildman–Crippen LogP) is 2.54. The first-order valence-electron chi connectivity index (χ1n) is 8.36. The van der Waals surface area contributed by atoms with Gasteiger partial charge in [0.2, 0.25) is 5.91 Å². The molecule has 1 amide bonds. The molecule has 136 valence electrons. The Labute approximate surface area is 157 Å². The molecule has 1 aromatic carbocycles. The molecule has 2 aliphatic rings. The van der Waals surface area contributed by atoms with Crippen molar-refractivity contribution in [3.63, 3.8) is 0 Å². The first-order valence-corrected chi connectivity index (χ1v) is 8.36. The van der Waals surface area contributed by atoms with Crippen LogP contribution in [-0.4, -0.2) is 43.0 Å². The van der Waals surface area contributed by atoms with Crippen LogP contribution in [0.25, 0.3) is 0 Å². The predicted molar refractivity (Wildman–Crippen MR) is 103 cm³/mol. The summed E-state index contributed by atoms with van der Waals surface area (Å²) in [6.07, 6.45) is 5.69. The fourth-order valence-corrected chi connectivity index (χ4v) is 3.83. The lowest BCUT2D eigenvalue weighted by atomic mass is 9.94. The molecule has 0 saturated heterocycles. The highest BCUT2D eigenvalue weighted by Gasteiger charge is 2.36. The van der Waals surface area contributed by atoms with Crippen molar-refractivity contribution >= 4 is 30.7 Å². The van der Waals surface area contributed by atoms with Crippen LogP contribution in [0.1, 0.15) is 36.8 Å². The maximum absolute atomic E-state index is 12.5. The summed E-state index contributed by atoms with van der Waals surface area (Å²) in [5.41, 5.74) is 2.76. The number of benzene rings is 1. The monoisotopic (exact) mass is 373 g/mol. The summed E-state index contributed by atoms with van der Waals surface area (Å²) in [6.45, 7) is 1.55. The molecule has 24 heavy (non-hydrogen) atoms. The van der Waals surface area contributed by atoms with E-state index in [1.54, 1.807) is 0 Å². The van der Waals surface area contributed by atoms with Crippen LogP contribution >= 0.6 is 24.8 Å². The molecule has 1 atom stereocenters. The quantitative estimate of drug-likeness (QED) is 0.852. The number of carbonyl (C=O) groups excluding carboxylic acids is 1. The average molecular weight is 374 g/mol. The van der Waals surface area contributed by atoms with Crippen LogP contribution in [0.4, 0.5) is 0 Å². The number of amides is 1. The molecule has 2 N–H and O–H groups in total. The summed E-state index contributed by atoms with van der Waals surface area (Å²) in [5, 5.41) is 6.57. The molecule has 1 unspecified atom stereocenters. The third-order valence-electron chi connectivity index (χ3n) is 5.47. The van der Waals surface area contributed by atoms with Gasteiger partial charge in [0.25, 0.3) is 0 Å². The van der Waals surface area contributed by atoms with E-state index >= 15 is 0 Å². The van der Waals surface area contributed by atoms with Crippen LogP contribution in [0.3, 0.4) is 0 Å². The smallest absolute Gasteiger partial charge is 0.237 e. The van der Waals surface area contributed by atoms with Crippen molar-refractivity contribution in [2.75, 3.05) is 20.6 Å². The Morgan fingerprint density at radius 3 is 2.46 bits per heavy atom. The Morgan fingerprint density at radius 2 is 1.83 bits per heavy atom.